The monoisotopic (exact) mass is 376 g/mol. The van der Waals surface area contributed by atoms with Crippen LogP contribution in [0.15, 0.2) is 54.6 Å². The van der Waals surface area contributed by atoms with Crippen molar-refractivity contribution in [1.82, 2.24) is 5.32 Å². The van der Waals surface area contributed by atoms with Gasteiger partial charge in [-0.1, -0.05) is 61.9 Å². The Labute approximate surface area is 166 Å². The number of benzene rings is 2. The summed E-state index contributed by atoms with van der Waals surface area (Å²) in [5.74, 6) is -0.00613. The summed E-state index contributed by atoms with van der Waals surface area (Å²) >= 11 is 0. The molecule has 2 aliphatic rings. The van der Waals surface area contributed by atoms with E-state index in [0.29, 0.717) is 6.42 Å². The van der Waals surface area contributed by atoms with E-state index in [9.17, 15) is 9.59 Å². The summed E-state index contributed by atoms with van der Waals surface area (Å²) in [7, 11) is 1.81. The molecule has 28 heavy (non-hydrogen) atoms. The molecular formula is C24H28N2O2. The predicted molar refractivity (Wildman–Crippen MR) is 111 cm³/mol. The Bertz CT molecular complexity index is 888. The van der Waals surface area contributed by atoms with E-state index >= 15 is 0 Å². The molecular weight excluding hydrogens is 348 g/mol. The number of anilines is 1. The summed E-state index contributed by atoms with van der Waals surface area (Å²) in [4.78, 5) is 28.3. The average Bonchev–Trinajstić information content (AvgIpc) is 3.42. The lowest BCUT2D eigenvalue weighted by molar-refractivity contribution is -0.130. The quantitative estimate of drug-likeness (QED) is 0.794. The van der Waals surface area contributed by atoms with Crippen molar-refractivity contribution in [2.75, 3.05) is 11.9 Å². The number of hydrogen-bond acceptors (Lipinski definition) is 2. The van der Waals surface area contributed by atoms with Crippen molar-refractivity contribution in [2.45, 2.75) is 56.4 Å². The van der Waals surface area contributed by atoms with Gasteiger partial charge in [0.25, 0.3) is 0 Å². The summed E-state index contributed by atoms with van der Waals surface area (Å²) in [6, 6.07) is 17.9. The first kappa shape index (κ1) is 18.7. The largest absolute Gasteiger partial charge is 0.351 e. The molecule has 4 nitrogen and oxygen atoms in total. The molecule has 1 N–H and O–H groups in total. The van der Waals surface area contributed by atoms with E-state index in [1.165, 1.54) is 0 Å². The van der Waals surface area contributed by atoms with E-state index < -0.39 is 5.41 Å². The average molecular weight is 377 g/mol. The molecule has 0 saturated heterocycles. The van der Waals surface area contributed by atoms with Crippen LogP contribution < -0.4 is 10.2 Å². The fraction of sp³-hybridized carbons (Fsp3) is 0.417. The van der Waals surface area contributed by atoms with Gasteiger partial charge in [-0.15, -0.1) is 0 Å². The number of nitrogens with one attached hydrogen (secondary N) is 1. The molecule has 1 fully saturated rings. The van der Waals surface area contributed by atoms with Gasteiger partial charge in [0.15, 0.2) is 0 Å². The maximum atomic E-state index is 13.5. The molecule has 4 heteroatoms. The number of carbonyl (C=O) groups is 2. The van der Waals surface area contributed by atoms with Gasteiger partial charge >= 0.3 is 0 Å². The van der Waals surface area contributed by atoms with Crippen LogP contribution >= 0.6 is 0 Å². The molecule has 4 rings (SSSR count). The van der Waals surface area contributed by atoms with Crippen LogP contribution in [0, 0.1) is 0 Å². The zero-order chi connectivity index (χ0) is 19.8. The number of nitrogens with zero attached hydrogens (tertiary/aromatic N) is 1. The van der Waals surface area contributed by atoms with Crippen LogP contribution in [0.25, 0.3) is 0 Å². The van der Waals surface area contributed by atoms with E-state index in [0.717, 1.165) is 42.5 Å². The van der Waals surface area contributed by atoms with E-state index in [1.54, 1.807) is 4.90 Å². The van der Waals surface area contributed by atoms with Gasteiger partial charge in [-0.3, -0.25) is 9.59 Å². The minimum atomic E-state index is -0.848. The van der Waals surface area contributed by atoms with Crippen molar-refractivity contribution in [1.29, 1.82) is 0 Å². The summed E-state index contributed by atoms with van der Waals surface area (Å²) in [6.07, 6.45) is 4.87. The number of rotatable bonds is 7. The van der Waals surface area contributed by atoms with Crippen LogP contribution in [-0.2, 0) is 21.4 Å². The van der Waals surface area contributed by atoms with Crippen molar-refractivity contribution in [3.63, 3.8) is 0 Å². The lowest BCUT2D eigenvalue weighted by Gasteiger charge is -2.29. The SMILES string of the molecule is CCCC1(NC(=O)CC2(Cc3ccccc3)C(=O)N(C)c3ccccc32)CC1. The van der Waals surface area contributed by atoms with Gasteiger partial charge in [-0.2, -0.15) is 0 Å². The first-order valence-corrected chi connectivity index (χ1v) is 10.2. The Morgan fingerprint density at radius 2 is 1.75 bits per heavy atom. The Balaban J connectivity index is 1.69. The van der Waals surface area contributed by atoms with Gasteiger partial charge in [0.05, 0.1) is 5.41 Å². The maximum Gasteiger partial charge on any atom is 0.238 e. The van der Waals surface area contributed by atoms with Crippen LogP contribution in [0.5, 0.6) is 0 Å². The molecule has 2 aromatic carbocycles. The van der Waals surface area contributed by atoms with Gasteiger partial charge in [0.2, 0.25) is 11.8 Å². The topological polar surface area (TPSA) is 49.4 Å². The van der Waals surface area contributed by atoms with E-state index in [1.807, 2.05) is 61.6 Å². The van der Waals surface area contributed by atoms with Crippen LogP contribution in [0.2, 0.25) is 0 Å². The lowest BCUT2D eigenvalue weighted by atomic mass is 9.73. The summed E-state index contributed by atoms with van der Waals surface area (Å²) < 4.78 is 0. The van der Waals surface area contributed by atoms with E-state index in [4.69, 9.17) is 0 Å². The van der Waals surface area contributed by atoms with Gasteiger partial charge in [-0.05, 0) is 42.9 Å². The molecule has 0 bridgehead atoms. The number of amides is 2. The van der Waals surface area contributed by atoms with Gasteiger partial charge in [0.1, 0.15) is 0 Å². The molecule has 2 amide bonds. The molecule has 1 atom stereocenters. The first-order valence-electron chi connectivity index (χ1n) is 10.2. The second kappa shape index (κ2) is 7.08. The minimum absolute atomic E-state index is 0.00745. The minimum Gasteiger partial charge on any atom is -0.351 e. The Kier molecular flexibility index (Phi) is 4.74. The zero-order valence-corrected chi connectivity index (χ0v) is 16.7. The summed E-state index contributed by atoms with van der Waals surface area (Å²) in [5, 5.41) is 3.26. The summed E-state index contributed by atoms with van der Waals surface area (Å²) in [5.41, 5.74) is 2.06. The van der Waals surface area contributed by atoms with Crippen molar-refractivity contribution in [2.24, 2.45) is 0 Å². The van der Waals surface area contributed by atoms with Gasteiger partial charge in [0, 0.05) is 24.7 Å². The number of carbonyl (C=O) groups excluding carboxylic acids is 2. The van der Waals surface area contributed by atoms with Crippen LogP contribution in [0.1, 0.15) is 50.2 Å². The van der Waals surface area contributed by atoms with Gasteiger partial charge in [-0.25, -0.2) is 0 Å². The second-order valence-electron chi connectivity index (χ2n) is 8.38. The van der Waals surface area contributed by atoms with Gasteiger partial charge < -0.3 is 10.2 Å². The fourth-order valence-electron chi connectivity index (χ4n) is 4.75. The van der Waals surface area contributed by atoms with Crippen molar-refractivity contribution in [3.05, 3.63) is 65.7 Å². The second-order valence-corrected chi connectivity index (χ2v) is 8.38. The third-order valence-electron chi connectivity index (χ3n) is 6.29. The van der Waals surface area contributed by atoms with E-state index in [-0.39, 0.29) is 23.8 Å². The first-order chi connectivity index (χ1) is 13.5. The highest BCUT2D eigenvalue weighted by Gasteiger charge is 2.52. The molecule has 1 saturated carbocycles. The molecule has 1 aliphatic carbocycles. The molecule has 0 spiro atoms. The Hall–Kier alpha value is -2.62. The fourth-order valence-corrected chi connectivity index (χ4v) is 4.75. The standard InChI is InChI=1S/C24H28N2O2/c1-3-13-23(14-15-23)25-21(27)17-24(16-18-9-5-4-6-10-18)19-11-7-8-12-20(19)26(2)22(24)28/h4-12H,3,13-17H2,1-2H3,(H,25,27). The number of para-hydroxylation sites is 1. The highest BCUT2D eigenvalue weighted by Crippen LogP contribution is 2.46. The molecule has 146 valence electrons. The highest BCUT2D eigenvalue weighted by atomic mass is 16.2. The maximum absolute atomic E-state index is 13.5. The molecule has 0 aromatic heterocycles. The number of hydrogen-bond donors (Lipinski definition) is 1. The zero-order valence-electron chi connectivity index (χ0n) is 16.7. The molecule has 1 unspecified atom stereocenters. The lowest BCUT2D eigenvalue weighted by Crippen LogP contribution is -2.46. The normalized spacial score (nSPS) is 22.1. The molecule has 2 aromatic rings. The van der Waals surface area contributed by atoms with Crippen molar-refractivity contribution < 1.29 is 9.59 Å². The van der Waals surface area contributed by atoms with E-state index in [2.05, 4.69) is 12.2 Å². The third kappa shape index (κ3) is 3.21. The molecule has 1 heterocycles. The van der Waals surface area contributed by atoms with Crippen molar-refractivity contribution >= 4 is 17.5 Å². The van der Waals surface area contributed by atoms with Crippen LogP contribution in [-0.4, -0.2) is 24.4 Å². The Morgan fingerprint density at radius 3 is 2.43 bits per heavy atom. The number of likely N-dealkylation sites (N-methyl/N-ethyl adjacent to an activating group) is 1. The molecule has 0 radical (unpaired) electrons. The predicted octanol–water partition coefficient (Wildman–Crippen LogP) is 3.98. The highest BCUT2D eigenvalue weighted by molar-refractivity contribution is 6.10. The third-order valence-corrected chi connectivity index (χ3v) is 6.29. The Morgan fingerprint density at radius 1 is 1.07 bits per heavy atom. The summed E-state index contributed by atoms with van der Waals surface area (Å²) in [6.45, 7) is 2.15. The van der Waals surface area contributed by atoms with Crippen LogP contribution in [0.4, 0.5) is 5.69 Å². The van der Waals surface area contributed by atoms with Crippen molar-refractivity contribution in [3.8, 4) is 0 Å². The number of fused-ring (bicyclic) bond motifs is 1. The van der Waals surface area contributed by atoms with Crippen LogP contribution in [0.3, 0.4) is 0 Å². The smallest absolute Gasteiger partial charge is 0.238 e. The molecule has 1 aliphatic heterocycles.